The summed E-state index contributed by atoms with van der Waals surface area (Å²) >= 11 is 0. The average molecular weight is 1160 g/mol. The van der Waals surface area contributed by atoms with Crippen molar-refractivity contribution in [3.05, 3.63) is 158 Å². The molecule has 9 nitrogen and oxygen atoms in total. The summed E-state index contributed by atoms with van der Waals surface area (Å²) in [4.78, 5) is 35.8. The molecule has 0 aromatic rings. The van der Waals surface area contributed by atoms with Crippen molar-refractivity contribution in [3.63, 3.8) is 0 Å². The molecule has 0 saturated carbocycles. The van der Waals surface area contributed by atoms with E-state index in [0.717, 1.165) is 116 Å². The van der Waals surface area contributed by atoms with E-state index >= 15 is 0 Å². The third kappa shape index (κ3) is 64.8. The summed E-state index contributed by atoms with van der Waals surface area (Å²) < 4.78 is 34.6. The first kappa shape index (κ1) is 77.6. The first-order valence-electron chi connectivity index (χ1n) is 32.2. The SMILES string of the molecule is CC/C=C\C/C=C\C/C=C\C/C=C\C/C=C\C/C=C\C/C=C\C/C=C\CCCCC(=O)OC(COC(=O)CCCCCCCCCCCCCCCCC/C=C\C/C=C\C/C=C\C/C=C\C/C=C\CC)COP(=O)(O)OCC[N+](C)(C)C. The molecule has 0 fully saturated rings. The van der Waals surface area contributed by atoms with Crippen molar-refractivity contribution in [2.75, 3.05) is 47.5 Å². The van der Waals surface area contributed by atoms with Gasteiger partial charge in [0.25, 0.3) is 0 Å². The maximum absolute atomic E-state index is 12.8. The summed E-state index contributed by atoms with van der Waals surface area (Å²) in [6, 6.07) is 0. The number of unbranched alkanes of at least 4 members (excludes halogenated alkanes) is 17. The van der Waals surface area contributed by atoms with Crippen LogP contribution < -0.4 is 0 Å². The number of esters is 2. The molecule has 2 atom stereocenters. The second-order valence-electron chi connectivity index (χ2n) is 22.0. The predicted molar refractivity (Wildman–Crippen MR) is 353 cm³/mol. The number of nitrogens with zero attached hydrogens (tertiary/aromatic N) is 1. The van der Waals surface area contributed by atoms with Gasteiger partial charge < -0.3 is 18.9 Å². The van der Waals surface area contributed by atoms with Crippen molar-refractivity contribution in [2.24, 2.45) is 0 Å². The van der Waals surface area contributed by atoms with E-state index in [1.165, 1.54) is 83.5 Å². The lowest BCUT2D eigenvalue weighted by Gasteiger charge is -2.24. The Morgan fingerprint density at radius 3 is 1.00 bits per heavy atom. The second-order valence-corrected chi connectivity index (χ2v) is 23.5. The number of ether oxygens (including phenoxy) is 2. The standard InChI is InChI=1S/C72H118NO8P/c1-6-8-10-12-14-16-18-20-22-24-26-28-30-32-34-35-36-37-39-40-42-44-46-48-50-52-54-56-58-60-62-64-71(74)78-68-70(69-80-82(76,77)79-67-66-73(3,4)5)81-72(75)65-63-61-59-57-55-53-51-49-47-45-43-41-38-33-31-29-27-25-23-21-19-17-15-13-11-9-7-2/h8-11,14-17,20-23,26-29,32-34,38,43,45,49,51,55,57,70H,6-7,12-13,18-19,24-25,30-31,35-37,39-42,44,46-48,50,52-54,56,58-69H2,1-5H3/p+1/b10-8-,11-9-,16-14-,17-15-,22-20-,23-21-,28-26-,29-27-,34-32-,38-33-,45-43-,51-49-,57-55-. The fraction of sp³-hybridized carbons (Fsp3) is 0.611. The Hall–Kier alpha value is -4.37. The topological polar surface area (TPSA) is 108 Å². The monoisotopic (exact) mass is 1160 g/mol. The molecular formula is C72H119NO8P+. The smallest absolute Gasteiger partial charge is 0.462 e. The van der Waals surface area contributed by atoms with Crippen molar-refractivity contribution in [1.82, 2.24) is 0 Å². The summed E-state index contributed by atoms with van der Waals surface area (Å²) in [5, 5.41) is 0. The molecule has 0 bridgehead atoms. The van der Waals surface area contributed by atoms with Gasteiger partial charge in [-0.3, -0.25) is 18.6 Å². The summed E-state index contributed by atoms with van der Waals surface area (Å²) in [7, 11) is 1.43. The van der Waals surface area contributed by atoms with Crippen LogP contribution in [0, 0.1) is 0 Å². The van der Waals surface area contributed by atoms with Crippen LogP contribution in [-0.2, 0) is 32.7 Å². The molecule has 0 spiro atoms. The largest absolute Gasteiger partial charge is 0.472 e. The number of allylic oxidation sites excluding steroid dienone is 26. The zero-order valence-electron chi connectivity index (χ0n) is 52.7. The minimum absolute atomic E-state index is 0.0147. The van der Waals surface area contributed by atoms with Gasteiger partial charge in [-0.05, 0) is 122 Å². The molecule has 0 amide bonds. The van der Waals surface area contributed by atoms with E-state index in [9.17, 15) is 19.0 Å². The second kappa shape index (κ2) is 61.2. The van der Waals surface area contributed by atoms with Gasteiger partial charge in [0, 0.05) is 12.8 Å². The molecule has 0 radical (unpaired) electrons. The van der Waals surface area contributed by atoms with Gasteiger partial charge in [-0.25, -0.2) is 4.57 Å². The summed E-state index contributed by atoms with van der Waals surface area (Å²) in [6.07, 6.45) is 91.9. The van der Waals surface area contributed by atoms with Crippen molar-refractivity contribution in [1.29, 1.82) is 0 Å². The Morgan fingerprint density at radius 1 is 0.378 bits per heavy atom. The maximum Gasteiger partial charge on any atom is 0.472 e. The quantitative estimate of drug-likeness (QED) is 0.0211. The Kier molecular flexibility index (Phi) is 57.9. The highest BCUT2D eigenvalue weighted by atomic mass is 31.2. The van der Waals surface area contributed by atoms with Gasteiger partial charge in [-0.15, -0.1) is 0 Å². The Morgan fingerprint density at radius 2 is 0.659 bits per heavy atom. The lowest BCUT2D eigenvalue weighted by Crippen LogP contribution is -2.37. The normalized spacial score (nSPS) is 14.3. The number of phosphoric acid groups is 1. The highest BCUT2D eigenvalue weighted by Crippen LogP contribution is 2.43. The zero-order valence-corrected chi connectivity index (χ0v) is 53.6. The molecule has 1 N–H and O–H groups in total. The van der Waals surface area contributed by atoms with Gasteiger partial charge >= 0.3 is 19.8 Å². The van der Waals surface area contributed by atoms with Crippen molar-refractivity contribution >= 4 is 19.8 Å². The van der Waals surface area contributed by atoms with E-state index in [4.69, 9.17) is 18.5 Å². The van der Waals surface area contributed by atoms with Crippen LogP contribution in [0.2, 0.25) is 0 Å². The lowest BCUT2D eigenvalue weighted by molar-refractivity contribution is -0.870. The molecule has 10 heteroatoms. The molecule has 2 unspecified atom stereocenters. The molecule has 464 valence electrons. The average Bonchev–Trinajstić information content (AvgIpc) is 3.46. The third-order valence-corrected chi connectivity index (χ3v) is 14.0. The van der Waals surface area contributed by atoms with Gasteiger partial charge in [-0.1, -0.05) is 255 Å². The highest BCUT2D eigenvalue weighted by molar-refractivity contribution is 7.47. The molecule has 0 aromatic carbocycles. The molecule has 0 aliphatic heterocycles. The molecular weight excluding hydrogens is 1040 g/mol. The number of carbonyl (C=O) groups excluding carboxylic acids is 2. The van der Waals surface area contributed by atoms with Crippen LogP contribution in [0.25, 0.3) is 0 Å². The van der Waals surface area contributed by atoms with Gasteiger partial charge in [0.05, 0.1) is 27.7 Å². The van der Waals surface area contributed by atoms with Crippen LogP contribution in [-0.4, -0.2) is 74.9 Å². The summed E-state index contributed by atoms with van der Waals surface area (Å²) in [5.74, 6) is -0.858. The Bertz CT molecular complexity index is 1940. The minimum Gasteiger partial charge on any atom is -0.462 e. The molecule has 0 rings (SSSR count). The van der Waals surface area contributed by atoms with Crippen molar-refractivity contribution in [3.8, 4) is 0 Å². The zero-order chi connectivity index (χ0) is 59.8. The molecule has 82 heavy (non-hydrogen) atoms. The fourth-order valence-corrected chi connectivity index (χ4v) is 8.92. The van der Waals surface area contributed by atoms with Gasteiger partial charge in [0.1, 0.15) is 19.8 Å². The molecule has 0 aliphatic carbocycles. The van der Waals surface area contributed by atoms with E-state index in [1.54, 1.807) is 0 Å². The molecule has 0 heterocycles. The number of likely N-dealkylation sites (N-methyl/N-ethyl adjacent to an activating group) is 1. The predicted octanol–water partition coefficient (Wildman–Crippen LogP) is 20.8. The van der Waals surface area contributed by atoms with Crippen molar-refractivity contribution < 1.29 is 42.1 Å². The van der Waals surface area contributed by atoms with Crippen LogP contribution in [0.1, 0.15) is 232 Å². The van der Waals surface area contributed by atoms with Crippen LogP contribution >= 0.6 is 7.82 Å². The lowest BCUT2D eigenvalue weighted by atomic mass is 10.0. The van der Waals surface area contributed by atoms with E-state index in [0.29, 0.717) is 17.4 Å². The van der Waals surface area contributed by atoms with E-state index in [-0.39, 0.29) is 32.0 Å². The minimum atomic E-state index is -4.41. The van der Waals surface area contributed by atoms with Crippen LogP contribution in [0.15, 0.2) is 158 Å². The molecule has 0 aromatic heterocycles. The van der Waals surface area contributed by atoms with Gasteiger partial charge in [0.2, 0.25) is 0 Å². The number of rotatable bonds is 57. The van der Waals surface area contributed by atoms with E-state index < -0.39 is 26.5 Å². The van der Waals surface area contributed by atoms with E-state index in [1.807, 2.05) is 21.1 Å². The maximum atomic E-state index is 12.8. The summed E-state index contributed by atoms with van der Waals surface area (Å²) in [6.45, 7) is 4.14. The van der Waals surface area contributed by atoms with Crippen LogP contribution in [0.4, 0.5) is 0 Å². The Labute approximate surface area is 503 Å². The number of phosphoric ester groups is 1. The van der Waals surface area contributed by atoms with E-state index in [2.05, 4.69) is 172 Å². The first-order chi connectivity index (χ1) is 40.0. The third-order valence-electron chi connectivity index (χ3n) is 13.1. The number of hydrogen-bond acceptors (Lipinski definition) is 7. The number of carbonyl (C=O) groups is 2. The fourth-order valence-electron chi connectivity index (χ4n) is 8.18. The first-order valence-corrected chi connectivity index (χ1v) is 33.7. The number of hydrogen-bond donors (Lipinski definition) is 1. The number of quaternary nitrogens is 1. The molecule has 0 aliphatic rings. The summed E-state index contributed by atoms with van der Waals surface area (Å²) in [5.41, 5.74) is 0. The molecule has 0 saturated heterocycles. The van der Waals surface area contributed by atoms with Crippen molar-refractivity contribution in [2.45, 2.75) is 238 Å². The van der Waals surface area contributed by atoms with Gasteiger partial charge in [-0.2, -0.15) is 0 Å². The van der Waals surface area contributed by atoms with Gasteiger partial charge in [0.15, 0.2) is 6.10 Å². The van der Waals surface area contributed by atoms with Crippen LogP contribution in [0.3, 0.4) is 0 Å². The Balaban J connectivity index is 4.21. The van der Waals surface area contributed by atoms with Crippen LogP contribution in [0.5, 0.6) is 0 Å². The highest BCUT2D eigenvalue weighted by Gasteiger charge is 2.27.